The zero-order chi connectivity index (χ0) is 45.4. The van der Waals surface area contributed by atoms with Gasteiger partial charge < -0.3 is 19.6 Å². The highest BCUT2D eigenvalue weighted by atomic mass is 15.5. The van der Waals surface area contributed by atoms with Crippen molar-refractivity contribution in [2.24, 2.45) is 0 Å². The van der Waals surface area contributed by atoms with Crippen LogP contribution in [0.3, 0.4) is 0 Å². The minimum atomic E-state index is -0.195. The summed E-state index contributed by atoms with van der Waals surface area (Å²) >= 11 is 0. The predicted molar refractivity (Wildman–Crippen MR) is 278 cm³/mol. The van der Waals surface area contributed by atoms with Gasteiger partial charge in [0.05, 0.1) is 22.7 Å². The van der Waals surface area contributed by atoms with Gasteiger partial charge in [-0.2, -0.15) is 0 Å². The fourth-order valence-electron chi connectivity index (χ4n) is 9.89. The summed E-state index contributed by atoms with van der Waals surface area (Å²) in [5, 5.41) is 0. The Kier molecular flexibility index (Phi) is 13.3. The van der Waals surface area contributed by atoms with Crippen LogP contribution in [0, 0.1) is 0 Å². The van der Waals surface area contributed by atoms with Gasteiger partial charge in [0, 0.05) is 22.7 Å². The van der Waals surface area contributed by atoms with Gasteiger partial charge in [0.25, 0.3) is 0 Å². The Morgan fingerprint density at radius 3 is 0.734 bits per heavy atom. The van der Waals surface area contributed by atoms with Gasteiger partial charge in [0.1, 0.15) is 0 Å². The normalized spacial score (nSPS) is 17.8. The van der Waals surface area contributed by atoms with Crippen LogP contribution in [0.5, 0.6) is 0 Å². The molecule has 2 aliphatic rings. The Balaban J connectivity index is 1.45. The fourth-order valence-corrected chi connectivity index (χ4v) is 9.89. The molecule has 0 amide bonds. The second kappa shape index (κ2) is 18.9. The first kappa shape index (κ1) is 45.1. The van der Waals surface area contributed by atoms with Crippen molar-refractivity contribution < 1.29 is 0 Å². The van der Waals surface area contributed by atoms with Crippen molar-refractivity contribution in [3.63, 3.8) is 0 Å². The third-order valence-corrected chi connectivity index (χ3v) is 15.1. The van der Waals surface area contributed by atoms with E-state index in [0.717, 1.165) is 25.7 Å². The molecule has 0 N–H and O–H groups in total. The number of fused-ring (bicyclic) bond motifs is 2. The molecule has 2 heterocycles. The molecule has 0 radical (unpaired) electrons. The lowest BCUT2D eigenvalue weighted by atomic mass is 9.97. The van der Waals surface area contributed by atoms with E-state index in [-0.39, 0.29) is 12.3 Å². The molecule has 8 rings (SSSR count). The van der Waals surface area contributed by atoms with Crippen LogP contribution < -0.4 is 19.6 Å². The molecule has 4 heteroatoms. The van der Waals surface area contributed by atoms with Gasteiger partial charge in [-0.25, -0.2) is 0 Å². The number of rotatable bonds is 15. The smallest absolute Gasteiger partial charge is 0.151 e. The van der Waals surface area contributed by atoms with Crippen molar-refractivity contribution in [1.29, 1.82) is 0 Å². The Morgan fingerprint density at radius 1 is 0.297 bits per heavy atom. The Hall–Kier alpha value is -5.48. The summed E-state index contributed by atoms with van der Waals surface area (Å²) < 4.78 is 0. The first-order valence-corrected chi connectivity index (χ1v) is 24.7. The number of nitrogens with zero attached hydrogens (tertiary/aromatic N) is 4. The standard InChI is InChI=1S/C60H74N4/c1-13-41(9)45-17-27-51(28-18-45)61-55-35-25-49(39(5)6)37-57(55)63(53-31-21-47(22-32-53)43(11)15-3)59(61)60-62(52-29-19-46(20-30-52)42(10)14-2)56-36-26-50(40(7)8)38-58(56)64(60)54-33-23-48(24-34-54)44(12)16-4/h17-44,59-60H,13-16H2,1-12H3. The van der Waals surface area contributed by atoms with E-state index in [4.69, 9.17) is 0 Å². The molecule has 0 saturated heterocycles. The Bertz CT molecular complexity index is 2310. The van der Waals surface area contributed by atoms with Crippen molar-refractivity contribution in [2.75, 3.05) is 19.6 Å². The summed E-state index contributed by atoms with van der Waals surface area (Å²) in [5.74, 6) is 2.73. The molecule has 0 aromatic heterocycles. The maximum Gasteiger partial charge on any atom is 0.151 e. The topological polar surface area (TPSA) is 13.0 Å². The number of hydrogen-bond donors (Lipinski definition) is 0. The van der Waals surface area contributed by atoms with Crippen LogP contribution in [0.25, 0.3) is 0 Å². The van der Waals surface area contributed by atoms with Gasteiger partial charge in [-0.1, -0.05) is 144 Å². The third kappa shape index (κ3) is 8.34. The molecule has 0 spiro atoms. The molecule has 4 nitrogen and oxygen atoms in total. The largest absolute Gasteiger partial charge is 0.314 e. The van der Waals surface area contributed by atoms with Crippen molar-refractivity contribution in [3.8, 4) is 0 Å². The second-order valence-electron chi connectivity index (χ2n) is 19.7. The van der Waals surface area contributed by atoms with E-state index < -0.39 is 0 Å². The molecular formula is C60H74N4. The van der Waals surface area contributed by atoms with E-state index in [1.807, 2.05) is 0 Å². The zero-order valence-electron chi connectivity index (χ0n) is 40.9. The molecule has 334 valence electrons. The minimum absolute atomic E-state index is 0.195. The van der Waals surface area contributed by atoms with Crippen LogP contribution >= 0.6 is 0 Å². The highest BCUT2D eigenvalue weighted by Crippen LogP contribution is 2.57. The lowest BCUT2D eigenvalue weighted by molar-refractivity contribution is 0.549. The third-order valence-electron chi connectivity index (χ3n) is 15.1. The van der Waals surface area contributed by atoms with E-state index in [2.05, 4.69) is 236 Å². The maximum atomic E-state index is 2.69. The van der Waals surface area contributed by atoms with Gasteiger partial charge in [0.15, 0.2) is 12.3 Å². The van der Waals surface area contributed by atoms with E-state index >= 15 is 0 Å². The molecule has 0 fully saturated rings. The summed E-state index contributed by atoms with van der Waals surface area (Å²) in [6, 6.07) is 52.7. The predicted octanol–water partition coefficient (Wildman–Crippen LogP) is 17.9. The van der Waals surface area contributed by atoms with E-state index in [1.54, 1.807) is 0 Å². The molecule has 0 saturated carbocycles. The van der Waals surface area contributed by atoms with Crippen molar-refractivity contribution in [1.82, 2.24) is 0 Å². The number of hydrogen-bond acceptors (Lipinski definition) is 4. The number of anilines is 8. The molecular weight excluding hydrogens is 777 g/mol. The van der Waals surface area contributed by atoms with Gasteiger partial charge in [0.2, 0.25) is 0 Å². The zero-order valence-corrected chi connectivity index (χ0v) is 40.9. The highest BCUT2D eigenvalue weighted by Gasteiger charge is 2.52. The van der Waals surface area contributed by atoms with Crippen LogP contribution in [0.2, 0.25) is 0 Å². The van der Waals surface area contributed by atoms with Crippen LogP contribution in [-0.2, 0) is 0 Å². The average molecular weight is 851 g/mol. The van der Waals surface area contributed by atoms with Crippen molar-refractivity contribution in [3.05, 3.63) is 167 Å². The van der Waals surface area contributed by atoms with Crippen LogP contribution in [-0.4, -0.2) is 12.3 Å². The van der Waals surface area contributed by atoms with Gasteiger partial charge in [-0.15, -0.1) is 0 Å². The molecule has 64 heavy (non-hydrogen) atoms. The lowest BCUT2D eigenvalue weighted by Gasteiger charge is -2.44. The summed E-state index contributed by atoms with van der Waals surface area (Å²) in [5.41, 5.74) is 18.0. The van der Waals surface area contributed by atoms with Gasteiger partial charge >= 0.3 is 0 Å². The maximum absolute atomic E-state index is 2.69. The van der Waals surface area contributed by atoms with Crippen molar-refractivity contribution >= 4 is 45.5 Å². The number of benzene rings is 6. The molecule has 6 aromatic rings. The van der Waals surface area contributed by atoms with Gasteiger partial charge in [-0.05, 0) is 167 Å². The average Bonchev–Trinajstić information content (AvgIpc) is 3.85. The fraction of sp³-hybridized carbons (Fsp3) is 0.400. The van der Waals surface area contributed by atoms with E-state index in [1.165, 1.54) is 78.9 Å². The second-order valence-corrected chi connectivity index (χ2v) is 19.7. The lowest BCUT2D eigenvalue weighted by Crippen LogP contribution is -2.58. The molecule has 2 aliphatic heterocycles. The molecule has 0 bridgehead atoms. The molecule has 6 aromatic carbocycles. The SMILES string of the molecule is CCC(C)c1ccc(N2c3ccc(C(C)C)cc3N(c3ccc(C(C)CC)cc3)C2C2N(c3ccc(C(C)CC)cc3)c3ccc(C(C)C)cc3N2c2ccc(C(C)CC)cc2)cc1. The van der Waals surface area contributed by atoms with Crippen LogP contribution in [0.15, 0.2) is 133 Å². The van der Waals surface area contributed by atoms with E-state index in [9.17, 15) is 0 Å². The van der Waals surface area contributed by atoms with Crippen LogP contribution in [0.1, 0.15) is 178 Å². The first-order valence-electron chi connectivity index (χ1n) is 24.7. The van der Waals surface area contributed by atoms with Gasteiger partial charge in [-0.3, -0.25) is 0 Å². The Labute approximate surface area is 387 Å². The van der Waals surface area contributed by atoms with Crippen molar-refractivity contribution in [2.45, 2.75) is 157 Å². The Morgan fingerprint density at radius 2 is 0.516 bits per heavy atom. The minimum Gasteiger partial charge on any atom is -0.314 e. The quantitative estimate of drug-likeness (QED) is 0.102. The summed E-state index contributed by atoms with van der Waals surface area (Å²) in [7, 11) is 0. The molecule has 6 unspecified atom stereocenters. The highest BCUT2D eigenvalue weighted by molar-refractivity contribution is 5.94. The monoisotopic (exact) mass is 851 g/mol. The molecule has 0 aliphatic carbocycles. The molecule has 6 atom stereocenters. The van der Waals surface area contributed by atoms with Crippen LogP contribution in [0.4, 0.5) is 45.5 Å². The first-order chi connectivity index (χ1) is 30.9. The summed E-state index contributed by atoms with van der Waals surface area (Å²) in [6.45, 7) is 27.8. The van der Waals surface area contributed by atoms with E-state index in [0.29, 0.717) is 35.5 Å². The summed E-state index contributed by atoms with van der Waals surface area (Å²) in [6.07, 6.45) is 4.06. The summed E-state index contributed by atoms with van der Waals surface area (Å²) in [4.78, 5) is 10.7.